The molecule has 6 heteroatoms. The average Bonchev–Trinajstić information content (AvgIpc) is 3.31. The third-order valence-electron chi connectivity index (χ3n) is 4.55. The van der Waals surface area contributed by atoms with Crippen molar-refractivity contribution in [3.05, 3.63) is 30.1 Å². The molecule has 0 bridgehead atoms. The highest BCUT2D eigenvalue weighted by Gasteiger charge is 2.42. The number of nitrogens with zero attached hydrogens (tertiary/aromatic N) is 1. The number of halogens is 1. The average molecular weight is 341 g/mol. The van der Waals surface area contributed by atoms with Crippen LogP contribution in [0.2, 0.25) is 0 Å². The van der Waals surface area contributed by atoms with E-state index >= 15 is 0 Å². The summed E-state index contributed by atoms with van der Waals surface area (Å²) in [6.45, 7) is 7.42. The molecule has 128 valence electrons. The Labute approximate surface area is 137 Å². The van der Waals surface area contributed by atoms with Crippen LogP contribution in [0.5, 0.6) is 0 Å². The van der Waals surface area contributed by atoms with Crippen molar-refractivity contribution in [2.24, 2.45) is 5.92 Å². The number of carbonyl (C=O) groups is 1. The van der Waals surface area contributed by atoms with Gasteiger partial charge in [0.1, 0.15) is 11.1 Å². The number of rotatable bonds is 6. The van der Waals surface area contributed by atoms with E-state index in [2.05, 4.69) is 0 Å². The summed E-state index contributed by atoms with van der Waals surface area (Å²) in [6.07, 6.45) is 1.85. The molecule has 23 heavy (non-hydrogen) atoms. The lowest BCUT2D eigenvalue weighted by atomic mass is 10.0. The maximum absolute atomic E-state index is 13.0. The number of amides is 1. The highest BCUT2D eigenvalue weighted by atomic mass is 32.2. The largest absolute Gasteiger partial charge is 0.336 e. The van der Waals surface area contributed by atoms with Gasteiger partial charge in [-0.3, -0.25) is 4.79 Å². The molecule has 1 fully saturated rings. The highest BCUT2D eigenvalue weighted by molar-refractivity contribution is 7.92. The van der Waals surface area contributed by atoms with Crippen molar-refractivity contribution in [3.63, 3.8) is 0 Å². The van der Waals surface area contributed by atoms with Crippen molar-refractivity contribution in [2.45, 2.75) is 62.8 Å². The van der Waals surface area contributed by atoms with Crippen molar-refractivity contribution < 1.29 is 17.6 Å². The first-order chi connectivity index (χ1) is 10.7. The molecule has 1 amide bonds. The second-order valence-electron chi connectivity index (χ2n) is 6.60. The molecule has 0 spiro atoms. The van der Waals surface area contributed by atoms with Crippen LogP contribution in [0.15, 0.2) is 29.2 Å². The van der Waals surface area contributed by atoms with Crippen molar-refractivity contribution >= 4 is 15.7 Å². The summed E-state index contributed by atoms with van der Waals surface area (Å²) in [4.78, 5) is 14.5. The molecule has 1 aliphatic rings. The van der Waals surface area contributed by atoms with E-state index < -0.39 is 20.9 Å². The van der Waals surface area contributed by atoms with Gasteiger partial charge >= 0.3 is 0 Å². The minimum absolute atomic E-state index is 0.0131. The van der Waals surface area contributed by atoms with Gasteiger partial charge in [0.2, 0.25) is 5.91 Å². The normalized spacial score (nSPS) is 17.8. The van der Waals surface area contributed by atoms with Crippen molar-refractivity contribution in [3.8, 4) is 0 Å². The van der Waals surface area contributed by atoms with Crippen LogP contribution in [0.1, 0.15) is 40.5 Å². The van der Waals surface area contributed by atoms with E-state index in [9.17, 15) is 17.6 Å². The Morgan fingerprint density at radius 3 is 2.09 bits per heavy atom. The molecular formula is C17H24FNO3S. The molecule has 2 rings (SSSR count). The van der Waals surface area contributed by atoms with Crippen LogP contribution in [-0.4, -0.2) is 36.6 Å². The predicted octanol–water partition coefficient (Wildman–Crippen LogP) is 3.02. The lowest BCUT2D eigenvalue weighted by molar-refractivity contribution is -0.134. The molecule has 2 unspecified atom stereocenters. The van der Waals surface area contributed by atoms with E-state index in [1.54, 1.807) is 4.90 Å². The summed E-state index contributed by atoms with van der Waals surface area (Å²) in [6, 6.07) is 4.74. The van der Waals surface area contributed by atoms with Gasteiger partial charge in [0, 0.05) is 12.1 Å². The Morgan fingerprint density at radius 2 is 1.65 bits per heavy atom. The summed E-state index contributed by atoms with van der Waals surface area (Å²) >= 11 is 0. The monoisotopic (exact) mass is 341 g/mol. The molecule has 0 aliphatic heterocycles. The van der Waals surface area contributed by atoms with Crippen LogP contribution in [0.25, 0.3) is 0 Å². The van der Waals surface area contributed by atoms with Crippen LogP contribution in [-0.2, 0) is 14.6 Å². The van der Waals surface area contributed by atoms with Crippen LogP contribution in [0, 0.1) is 11.7 Å². The second-order valence-corrected chi connectivity index (χ2v) is 8.87. The molecule has 1 aromatic rings. The molecule has 2 atom stereocenters. The fourth-order valence-corrected chi connectivity index (χ4v) is 3.87. The van der Waals surface area contributed by atoms with Crippen LogP contribution in [0.3, 0.4) is 0 Å². The molecule has 0 radical (unpaired) electrons. The fraction of sp³-hybridized carbons (Fsp3) is 0.588. The lowest BCUT2D eigenvalue weighted by Crippen LogP contribution is -2.49. The molecule has 1 aliphatic carbocycles. The maximum Gasteiger partial charge on any atom is 0.241 e. The summed E-state index contributed by atoms with van der Waals surface area (Å²) in [5.41, 5.74) is 0. The lowest BCUT2D eigenvalue weighted by Gasteiger charge is -2.34. The minimum Gasteiger partial charge on any atom is -0.336 e. The van der Waals surface area contributed by atoms with E-state index in [1.165, 1.54) is 19.1 Å². The minimum atomic E-state index is -3.82. The Bertz CT molecular complexity index is 666. The Balaban J connectivity index is 2.28. The van der Waals surface area contributed by atoms with Gasteiger partial charge in [-0.25, -0.2) is 12.8 Å². The fourth-order valence-electron chi connectivity index (χ4n) is 2.56. The standard InChI is InChI=1S/C17H24FNO3S/c1-11(2)12(3)19(15-7-8-15)17(20)13(4)23(21,22)16-9-5-14(18)6-10-16/h5-6,9-13,15H,7-8H2,1-4H3. The number of hydrogen-bond acceptors (Lipinski definition) is 3. The van der Waals surface area contributed by atoms with Gasteiger partial charge in [-0.2, -0.15) is 0 Å². The SMILES string of the molecule is CC(C)C(C)N(C(=O)C(C)S(=O)(=O)c1ccc(F)cc1)C1CC1. The van der Waals surface area contributed by atoms with Crippen LogP contribution < -0.4 is 0 Å². The summed E-state index contributed by atoms with van der Waals surface area (Å²) in [5, 5.41) is -1.17. The van der Waals surface area contributed by atoms with E-state index in [-0.39, 0.29) is 28.8 Å². The van der Waals surface area contributed by atoms with E-state index in [4.69, 9.17) is 0 Å². The number of carbonyl (C=O) groups excluding carboxylic acids is 1. The van der Waals surface area contributed by atoms with Crippen LogP contribution in [0.4, 0.5) is 4.39 Å². The smallest absolute Gasteiger partial charge is 0.241 e. The molecule has 1 aromatic carbocycles. The van der Waals surface area contributed by atoms with E-state index in [0.717, 1.165) is 25.0 Å². The van der Waals surface area contributed by atoms with Gasteiger partial charge in [0.25, 0.3) is 0 Å². The molecule has 4 nitrogen and oxygen atoms in total. The molecular weight excluding hydrogens is 317 g/mol. The zero-order chi connectivity index (χ0) is 17.4. The first-order valence-corrected chi connectivity index (χ1v) is 9.52. The van der Waals surface area contributed by atoms with Crippen molar-refractivity contribution in [1.82, 2.24) is 4.90 Å². The zero-order valence-electron chi connectivity index (χ0n) is 14.0. The van der Waals surface area contributed by atoms with Crippen molar-refractivity contribution in [1.29, 1.82) is 0 Å². The van der Waals surface area contributed by atoms with Gasteiger partial charge in [-0.1, -0.05) is 13.8 Å². The van der Waals surface area contributed by atoms with Gasteiger partial charge < -0.3 is 4.90 Å². The number of hydrogen-bond donors (Lipinski definition) is 0. The molecule has 0 saturated heterocycles. The van der Waals surface area contributed by atoms with E-state index in [1.807, 2.05) is 20.8 Å². The maximum atomic E-state index is 13.0. The van der Waals surface area contributed by atoms with E-state index in [0.29, 0.717) is 0 Å². The Hall–Kier alpha value is -1.43. The Morgan fingerprint density at radius 1 is 1.13 bits per heavy atom. The first kappa shape index (κ1) is 17.9. The zero-order valence-corrected chi connectivity index (χ0v) is 14.8. The number of benzene rings is 1. The second kappa shape index (κ2) is 6.59. The molecule has 0 N–H and O–H groups in total. The molecule has 0 heterocycles. The Kier molecular flexibility index (Phi) is 5.14. The quantitative estimate of drug-likeness (QED) is 0.747. The summed E-state index contributed by atoms with van der Waals surface area (Å²) in [7, 11) is -3.82. The summed E-state index contributed by atoms with van der Waals surface area (Å²) in [5.74, 6) is -0.616. The van der Waals surface area contributed by atoms with Gasteiger partial charge in [-0.15, -0.1) is 0 Å². The van der Waals surface area contributed by atoms with Gasteiger partial charge in [-0.05, 0) is 56.9 Å². The number of sulfone groups is 1. The van der Waals surface area contributed by atoms with Crippen molar-refractivity contribution in [2.75, 3.05) is 0 Å². The van der Waals surface area contributed by atoms with Crippen LogP contribution >= 0.6 is 0 Å². The third kappa shape index (κ3) is 3.74. The van der Waals surface area contributed by atoms with Gasteiger partial charge in [0.15, 0.2) is 9.84 Å². The highest BCUT2D eigenvalue weighted by Crippen LogP contribution is 2.32. The molecule has 1 saturated carbocycles. The third-order valence-corrected chi connectivity index (χ3v) is 6.62. The predicted molar refractivity (Wildman–Crippen MR) is 87.2 cm³/mol. The topological polar surface area (TPSA) is 54.5 Å². The van der Waals surface area contributed by atoms with Gasteiger partial charge in [0.05, 0.1) is 4.90 Å². The summed E-state index contributed by atoms with van der Waals surface area (Å²) < 4.78 is 38.3. The molecule has 0 aromatic heterocycles. The first-order valence-electron chi connectivity index (χ1n) is 7.98.